The van der Waals surface area contributed by atoms with E-state index < -0.39 is 30.9 Å². The molecule has 3 atom stereocenters. The number of β-lactam (4-membered cyclic amide) rings is 1. The molecule has 0 saturated carbocycles. The van der Waals surface area contributed by atoms with E-state index in [0.717, 1.165) is 69.1 Å². The van der Waals surface area contributed by atoms with E-state index >= 15 is 0 Å². The minimum absolute atomic E-state index is 0.0443. The van der Waals surface area contributed by atoms with Gasteiger partial charge < -0.3 is 15.1 Å². The Hall–Kier alpha value is -1.92. The molecule has 8 nitrogen and oxygen atoms in total. The summed E-state index contributed by atoms with van der Waals surface area (Å²) in [6, 6.07) is 1.11. The summed E-state index contributed by atoms with van der Waals surface area (Å²) >= 11 is 0. The lowest BCUT2D eigenvalue weighted by atomic mass is 9.80. The molecule has 0 unspecified atom stereocenters. The number of carboxylic acid groups (broad SMARTS) is 1. The standard InChI is InChI=1S/C28H48N3O5P/c1-7-12-15-37(16-13-8-2,17-14-9-3)27(28(35)36)31-23(25(20(6)32)26(31)34)19-24(33)22-18-21(10-4)30(11-5)29-22/h18,20,23,25,32H,7-17,19H2,1-6H3,(H,35,36)/t20-,23-,25-/m1/s1. The van der Waals surface area contributed by atoms with E-state index in [4.69, 9.17) is 0 Å². The van der Waals surface area contributed by atoms with Crippen molar-refractivity contribution < 1.29 is 24.6 Å². The number of aliphatic carboxylic acids is 1. The Bertz CT molecular complexity index is 950. The Kier molecular flexibility index (Phi) is 12.1. The minimum atomic E-state index is -2.18. The molecule has 1 aliphatic heterocycles. The maximum absolute atomic E-state index is 13.5. The van der Waals surface area contributed by atoms with Gasteiger partial charge in [0.05, 0.1) is 18.1 Å². The molecular formula is C28H48N3O5P. The van der Waals surface area contributed by atoms with Gasteiger partial charge in [0.2, 0.25) is 5.91 Å². The molecule has 0 aromatic carbocycles. The third kappa shape index (κ3) is 6.94. The van der Waals surface area contributed by atoms with Crippen LogP contribution in [0.5, 0.6) is 0 Å². The molecular weight excluding hydrogens is 489 g/mol. The number of nitrogens with zero attached hydrogens (tertiary/aromatic N) is 3. The van der Waals surface area contributed by atoms with Gasteiger partial charge >= 0.3 is 5.97 Å². The number of carbonyl (C=O) groups excluding carboxylic acids is 2. The average molecular weight is 538 g/mol. The maximum atomic E-state index is 13.5. The normalized spacial score (nSPS) is 18.6. The number of hydrogen-bond acceptors (Lipinski definition) is 5. The Labute approximate surface area is 222 Å². The van der Waals surface area contributed by atoms with Crippen molar-refractivity contribution in [2.75, 3.05) is 18.5 Å². The van der Waals surface area contributed by atoms with E-state index in [2.05, 4.69) is 25.9 Å². The number of unbranched alkanes of at least 4 members (excludes halogenated alkanes) is 3. The van der Waals surface area contributed by atoms with Gasteiger partial charge in [0.1, 0.15) is 11.1 Å². The first-order valence-corrected chi connectivity index (χ1v) is 16.5. The molecule has 2 rings (SSSR count). The molecule has 9 heteroatoms. The number of aryl methyl sites for hydroxylation is 2. The number of amides is 1. The minimum Gasteiger partial charge on any atom is -0.477 e. The molecule has 1 aromatic heterocycles. The van der Waals surface area contributed by atoms with Crippen LogP contribution in [0, 0.1) is 5.92 Å². The summed E-state index contributed by atoms with van der Waals surface area (Å²) < 4.78 is 1.80. The largest absolute Gasteiger partial charge is 0.477 e. The number of likely N-dealkylation sites (tertiary alicyclic amines) is 1. The van der Waals surface area contributed by atoms with Crippen molar-refractivity contribution in [1.82, 2.24) is 14.7 Å². The number of rotatable bonds is 17. The van der Waals surface area contributed by atoms with Crippen molar-refractivity contribution >= 4 is 30.0 Å². The predicted molar refractivity (Wildman–Crippen MR) is 151 cm³/mol. The molecule has 1 saturated heterocycles. The zero-order valence-corrected chi connectivity index (χ0v) is 24.6. The Morgan fingerprint density at radius 1 is 1.03 bits per heavy atom. The molecule has 0 bridgehead atoms. The number of Topliss-reactive ketones (excluding diaryl/α,β-unsaturated/α-hetero) is 1. The van der Waals surface area contributed by atoms with Gasteiger partial charge in [-0.25, -0.2) is 4.79 Å². The molecule has 1 aliphatic rings. The van der Waals surface area contributed by atoms with Gasteiger partial charge in [-0.15, -0.1) is 0 Å². The van der Waals surface area contributed by atoms with Gasteiger partial charge in [0.25, 0.3) is 0 Å². The summed E-state index contributed by atoms with van der Waals surface area (Å²) in [6.45, 7) is 10.3. The van der Waals surface area contributed by atoms with E-state index in [0.29, 0.717) is 12.2 Å². The molecule has 0 spiro atoms. The zero-order chi connectivity index (χ0) is 27.8. The van der Waals surface area contributed by atoms with Crippen molar-refractivity contribution in [2.45, 2.75) is 112 Å². The molecule has 0 radical (unpaired) electrons. The first-order valence-electron chi connectivity index (χ1n) is 14.2. The smallest absolute Gasteiger partial charge is 0.352 e. The number of carboxylic acids is 1. The summed E-state index contributed by atoms with van der Waals surface area (Å²) in [5.41, 5.74) is 1.53. The number of carbonyl (C=O) groups is 3. The Morgan fingerprint density at radius 3 is 1.95 bits per heavy atom. The third-order valence-corrected chi connectivity index (χ3v) is 12.5. The first-order chi connectivity index (χ1) is 17.6. The highest BCUT2D eigenvalue weighted by molar-refractivity contribution is 7.77. The SMILES string of the molecule is CCCCP(CCCC)(CCCC)=C(C(=O)O)N1C(=O)[C@H]([C@@H](C)O)[C@H]1CC(=O)c1cc(CC)n(CC)n1. The maximum Gasteiger partial charge on any atom is 0.352 e. The van der Waals surface area contributed by atoms with Crippen LogP contribution < -0.4 is 0 Å². The van der Waals surface area contributed by atoms with E-state index in [1.807, 2.05) is 13.8 Å². The summed E-state index contributed by atoms with van der Waals surface area (Å²) in [5.74, 6) is -2.43. The summed E-state index contributed by atoms with van der Waals surface area (Å²) in [7, 11) is 0. The quantitative estimate of drug-likeness (QED) is 0.166. The van der Waals surface area contributed by atoms with Crippen LogP contribution in [0.3, 0.4) is 0 Å². The van der Waals surface area contributed by atoms with Crippen LogP contribution in [-0.2, 0) is 22.6 Å². The summed E-state index contributed by atoms with van der Waals surface area (Å²) in [4.78, 5) is 41.2. The molecule has 0 aliphatic carbocycles. The first kappa shape index (κ1) is 31.3. The lowest BCUT2D eigenvalue weighted by Gasteiger charge is -2.50. The average Bonchev–Trinajstić information content (AvgIpc) is 3.30. The fourth-order valence-corrected chi connectivity index (χ4v) is 10.8. The van der Waals surface area contributed by atoms with Gasteiger partial charge in [-0.1, -0.05) is 53.8 Å². The summed E-state index contributed by atoms with van der Waals surface area (Å²) in [5, 5.41) is 25.5. The second kappa shape index (κ2) is 14.3. The van der Waals surface area contributed by atoms with Crippen LogP contribution in [0.2, 0.25) is 0 Å². The van der Waals surface area contributed by atoms with Crippen molar-refractivity contribution in [3.05, 3.63) is 17.5 Å². The monoisotopic (exact) mass is 537 g/mol. The summed E-state index contributed by atoms with van der Waals surface area (Å²) in [6.07, 6.45) is 7.75. The predicted octanol–water partition coefficient (Wildman–Crippen LogP) is 4.88. The lowest BCUT2D eigenvalue weighted by Crippen LogP contribution is -2.68. The fraction of sp³-hybridized carbons (Fsp3) is 0.750. The van der Waals surface area contributed by atoms with Crippen molar-refractivity contribution in [2.24, 2.45) is 5.92 Å². The van der Waals surface area contributed by atoms with Crippen LogP contribution in [0.15, 0.2) is 6.07 Å². The number of aliphatic hydroxyl groups is 1. The van der Waals surface area contributed by atoms with Gasteiger partial charge in [-0.3, -0.25) is 14.3 Å². The molecule has 1 aromatic rings. The number of aromatic nitrogens is 2. The highest BCUT2D eigenvalue weighted by Gasteiger charge is 2.54. The van der Waals surface area contributed by atoms with Crippen LogP contribution >= 0.6 is 6.89 Å². The molecule has 2 N–H and O–H groups in total. The number of ketones is 1. The molecule has 1 fully saturated rings. The second-order valence-corrected chi connectivity index (χ2v) is 14.4. The van der Waals surface area contributed by atoms with E-state index in [-0.39, 0.29) is 23.5 Å². The van der Waals surface area contributed by atoms with Crippen LogP contribution in [-0.4, -0.2) is 78.6 Å². The lowest BCUT2D eigenvalue weighted by molar-refractivity contribution is -0.156. The van der Waals surface area contributed by atoms with Crippen molar-refractivity contribution in [3.8, 4) is 0 Å². The molecule has 37 heavy (non-hydrogen) atoms. The van der Waals surface area contributed by atoms with E-state index in [9.17, 15) is 24.6 Å². The second-order valence-electron chi connectivity index (χ2n) is 10.4. The molecule has 210 valence electrons. The highest BCUT2D eigenvalue weighted by Crippen LogP contribution is 2.54. The Balaban J connectivity index is 2.62. The van der Waals surface area contributed by atoms with Gasteiger partial charge in [0.15, 0.2) is 5.78 Å². The van der Waals surface area contributed by atoms with E-state index in [1.54, 1.807) is 17.7 Å². The fourth-order valence-electron chi connectivity index (χ4n) is 5.59. The third-order valence-electron chi connectivity index (χ3n) is 7.68. The van der Waals surface area contributed by atoms with Gasteiger partial charge in [-0.05, 0) is 64.1 Å². The van der Waals surface area contributed by atoms with Crippen LogP contribution in [0.25, 0.3) is 0 Å². The van der Waals surface area contributed by atoms with Gasteiger partial charge in [0, 0.05) is 18.7 Å². The number of aliphatic hydroxyl groups excluding tert-OH is 1. The zero-order valence-electron chi connectivity index (χ0n) is 23.7. The van der Waals surface area contributed by atoms with Crippen LogP contribution in [0.4, 0.5) is 0 Å². The molecule has 1 amide bonds. The highest BCUT2D eigenvalue weighted by atomic mass is 31.2. The van der Waals surface area contributed by atoms with E-state index in [1.165, 1.54) is 4.90 Å². The number of hydrogen-bond donors (Lipinski definition) is 2. The van der Waals surface area contributed by atoms with Gasteiger partial charge in [-0.2, -0.15) is 5.10 Å². The molecule has 2 heterocycles. The van der Waals surface area contributed by atoms with Crippen LogP contribution in [0.1, 0.15) is 103 Å². The van der Waals surface area contributed by atoms with Crippen molar-refractivity contribution in [3.63, 3.8) is 0 Å². The Morgan fingerprint density at radius 2 is 1.57 bits per heavy atom. The van der Waals surface area contributed by atoms with Crippen molar-refractivity contribution in [1.29, 1.82) is 0 Å². The topological polar surface area (TPSA) is 113 Å².